The summed E-state index contributed by atoms with van der Waals surface area (Å²) in [5.41, 5.74) is 2.98. The summed E-state index contributed by atoms with van der Waals surface area (Å²) in [5.74, 6) is 6.70. The van der Waals surface area contributed by atoms with Crippen LogP contribution < -0.4 is 5.84 Å². The Hall–Kier alpha value is -1.62. The van der Waals surface area contributed by atoms with Crippen LogP contribution in [-0.2, 0) is 5.75 Å². The molecule has 1 aromatic heterocycles. The molecule has 0 spiro atoms. The van der Waals surface area contributed by atoms with E-state index in [2.05, 4.69) is 4.98 Å². The van der Waals surface area contributed by atoms with Crippen LogP contribution in [0.15, 0.2) is 59.9 Å². The summed E-state index contributed by atoms with van der Waals surface area (Å²) in [6.07, 6.45) is 1.83. The highest BCUT2D eigenvalue weighted by atomic mass is 35.5. The highest BCUT2D eigenvalue weighted by molar-refractivity contribution is 7.98. The Morgan fingerprint density at radius 1 is 1.05 bits per heavy atom. The molecule has 3 aromatic rings. The maximum absolute atomic E-state index is 6.02. The van der Waals surface area contributed by atoms with Gasteiger partial charge in [0.05, 0.1) is 21.9 Å². The van der Waals surface area contributed by atoms with Gasteiger partial charge in [-0.3, -0.25) is 0 Å². The number of rotatable bonds is 4. The molecule has 112 valence electrons. The van der Waals surface area contributed by atoms with E-state index in [-0.39, 0.29) is 0 Å². The van der Waals surface area contributed by atoms with Gasteiger partial charge < -0.3 is 5.84 Å². The molecule has 0 amide bonds. The first kappa shape index (κ1) is 15.3. The summed E-state index contributed by atoms with van der Waals surface area (Å²) in [6, 6.07) is 15.6. The Morgan fingerprint density at radius 3 is 2.55 bits per heavy atom. The van der Waals surface area contributed by atoms with Gasteiger partial charge in [-0.05, 0) is 17.7 Å². The van der Waals surface area contributed by atoms with Crippen LogP contribution >= 0.6 is 35.0 Å². The van der Waals surface area contributed by atoms with E-state index in [9.17, 15) is 0 Å². The second-order valence-electron chi connectivity index (χ2n) is 4.72. The van der Waals surface area contributed by atoms with Gasteiger partial charge in [0.25, 0.3) is 0 Å². The van der Waals surface area contributed by atoms with Crippen molar-refractivity contribution in [3.05, 3.63) is 70.3 Å². The largest absolute Gasteiger partial charge is 0.337 e. The van der Waals surface area contributed by atoms with Crippen molar-refractivity contribution in [2.45, 2.75) is 10.9 Å². The Morgan fingerprint density at radius 2 is 1.82 bits per heavy atom. The molecule has 3 nitrogen and oxygen atoms in total. The molecule has 0 bridgehead atoms. The third kappa shape index (κ3) is 3.40. The number of halogens is 2. The molecule has 0 radical (unpaired) electrons. The lowest BCUT2D eigenvalue weighted by atomic mass is 10.2. The third-order valence-electron chi connectivity index (χ3n) is 3.12. The van der Waals surface area contributed by atoms with Gasteiger partial charge in [-0.2, -0.15) is 0 Å². The number of nitrogens with zero attached hydrogens (tertiary/aromatic N) is 2. The molecule has 6 heteroatoms. The summed E-state index contributed by atoms with van der Waals surface area (Å²) in [4.78, 5) is 4.58. The quantitative estimate of drug-likeness (QED) is 0.540. The minimum absolute atomic E-state index is 0.556. The molecule has 0 unspecified atom stereocenters. The first-order valence-corrected chi connectivity index (χ1v) is 8.34. The van der Waals surface area contributed by atoms with E-state index in [0.717, 1.165) is 27.7 Å². The van der Waals surface area contributed by atoms with Gasteiger partial charge in [-0.1, -0.05) is 71.4 Å². The van der Waals surface area contributed by atoms with Crippen LogP contribution in [-0.4, -0.2) is 9.66 Å². The van der Waals surface area contributed by atoms with Crippen molar-refractivity contribution in [1.29, 1.82) is 0 Å². The number of hydrogen-bond acceptors (Lipinski definition) is 3. The molecule has 3 rings (SSSR count). The lowest BCUT2D eigenvalue weighted by Gasteiger charge is -2.03. The highest BCUT2D eigenvalue weighted by Gasteiger charge is 2.09. The lowest BCUT2D eigenvalue weighted by molar-refractivity contribution is 0.851. The zero-order valence-corrected chi connectivity index (χ0v) is 13.9. The fraction of sp³-hybridized carbons (Fsp3) is 0.0625. The predicted molar refractivity (Wildman–Crippen MR) is 93.8 cm³/mol. The molecule has 2 aromatic carbocycles. The van der Waals surface area contributed by atoms with E-state index in [4.69, 9.17) is 29.0 Å². The number of nitrogen functional groups attached to an aromatic ring is 1. The molecule has 0 aliphatic carbocycles. The summed E-state index contributed by atoms with van der Waals surface area (Å²) in [7, 11) is 0. The van der Waals surface area contributed by atoms with E-state index in [1.54, 1.807) is 22.5 Å². The molecule has 1 heterocycles. The van der Waals surface area contributed by atoms with Gasteiger partial charge in [-0.15, -0.1) is 0 Å². The van der Waals surface area contributed by atoms with Crippen molar-refractivity contribution in [2.75, 3.05) is 5.84 Å². The smallest absolute Gasteiger partial charge is 0.187 e. The van der Waals surface area contributed by atoms with Crippen LogP contribution in [0.1, 0.15) is 5.56 Å². The van der Waals surface area contributed by atoms with E-state index in [1.165, 1.54) is 0 Å². The van der Waals surface area contributed by atoms with Crippen LogP contribution in [0.5, 0.6) is 0 Å². The topological polar surface area (TPSA) is 43.8 Å². The standard InChI is InChI=1S/C16H13Cl2N3S/c17-13-7-6-11(8-14(13)18)10-22-16-20-15(9-21(16)19)12-4-2-1-3-5-12/h1-9H,10,19H2. The third-order valence-corrected chi connectivity index (χ3v) is 4.90. The fourth-order valence-corrected chi connectivity index (χ4v) is 3.17. The molecular formula is C16H13Cl2N3S. The molecule has 2 N–H and O–H groups in total. The van der Waals surface area contributed by atoms with Crippen LogP contribution in [0.2, 0.25) is 10.0 Å². The van der Waals surface area contributed by atoms with Crippen LogP contribution in [0.25, 0.3) is 11.3 Å². The number of benzene rings is 2. The molecule has 0 aliphatic heterocycles. The SMILES string of the molecule is Nn1cc(-c2ccccc2)nc1SCc1ccc(Cl)c(Cl)c1. The van der Waals surface area contributed by atoms with Gasteiger partial charge >= 0.3 is 0 Å². The zero-order chi connectivity index (χ0) is 15.5. The van der Waals surface area contributed by atoms with Crippen molar-refractivity contribution in [3.8, 4) is 11.3 Å². The maximum Gasteiger partial charge on any atom is 0.187 e. The summed E-state index contributed by atoms with van der Waals surface area (Å²) in [5, 5.41) is 1.87. The van der Waals surface area contributed by atoms with Crippen LogP contribution in [0.4, 0.5) is 0 Å². The van der Waals surface area contributed by atoms with Gasteiger partial charge in [0.1, 0.15) is 0 Å². The first-order chi connectivity index (χ1) is 10.6. The Balaban J connectivity index is 1.76. The molecular weight excluding hydrogens is 337 g/mol. The second kappa shape index (κ2) is 6.65. The minimum Gasteiger partial charge on any atom is -0.337 e. The summed E-state index contributed by atoms with van der Waals surface area (Å²) < 4.78 is 1.55. The van der Waals surface area contributed by atoms with Crippen LogP contribution in [0.3, 0.4) is 0 Å². The molecule has 0 atom stereocenters. The normalized spacial score (nSPS) is 10.8. The van der Waals surface area contributed by atoms with Crippen molar-refractivity contribution >= 4 is 35.0 Å². The van der Waals surface area contributed by atoms with E-state index in [0.29, 0.717) is 10.0 Å². The molecule has 0 fully saturated rings. The van der Waals surface area contributed by atoms with Crippen molar-refractivity contribution in [1.82, 2.24) is 9.66 Å². The average Bonchev–Trinajstić information content (AvgIpc) is 2.90. The summed E-state index contributed by atoms with van der Waals surface area (Å²) >= 11 is 13.5. The average molecular weight is 350 g/mol. The maximum atomic E-state index is 6.02. The highest BCUT2D eigenvalue weighted by Crippen LogP contribution is 2.28. The van der Waals surface area contributed by atoms with E-state index in [1.807, 2.05) is 48.7 Å². The number of aromatic nitrogens is 2. The summed E-state index contributed by atoms with van der Waals surface area (Å²) in [6.45, 7) is 0. The Kier molecular flexibility index (Phi) is 4.62. The van der Waals surface area contributed by atoms with Gasteiger partial charge in [0.2, 0.25) is 0 Å². The minimum atomic E-state index is 0.556. The zero-order valence-electron chi connectivity index (χ0n) is 11.5. The van der Waals surface area contributed by atoms with Crippen molar-refractivity contribution in [2.24, 2.45) is 0 Å². The Bertz CT molecular complexity index is 787. The van der Waals surface area contributed by atoms with Gasteiger partial charge in [0, 0.05) is 11.3 Å². The first-order valence-electron chi connectivity index (χ1n) is 6.60. The lowest BCUT2D eigenvalue weighted by Crippen LogP contribution is -2.07. The monoisotopic (exact) mass is 349 g/mol. The molecule has 0 aliphatic rings. The number of imidazole rings is 1. The van der Waals surface area contributed by atoms with Gasteiger partial charge in [0.15, 0.2) is 5.16 Å². The fourth-order valence-electron chi connectivity index (χ4n) is 2.01. The molecule has 0 saturated heterocycles. The van der Waals surface area contributed by atoms with Crippen LogP contribution in [0, 0.1) is 0 Å². The number of nitrogens with two attached hydrogens (primary N) is 1. The molecule has 22 heavy (non-hydrogen) atoms. The Labute approximate surface area is 143 Å². The van der Waals surface area contributed by atoms with Crippen molar-refractivity contribution in [3.63, 3.8) is 0 Å². The second-order valence-corrected chi connectivity index (χ2v) is 6.48. The van der Waals surface area contributed by atoms with Gasteiger partial charge in [-0.25, -0.2) is 9.66 Å². The molecule has 0 saturated carbocycles. The predicted octanol–water partition coefficient (Wildman–Crippen LogP) is 4.86. The van der Waals surface area contributed by atoms with Crippen molar-refractivity contribution < 1.29 is 0 Å². The van der Waals surface area contributed by atoms with E-state index < -0.39 is 0 Å². The van der Waals surface area contributed by atoms with E-state index >= 15 is 0 Å². The number of hydrogen-bond donors (Lipinski definition) is 1. The number of thioether (sulfide) groups is 1.